The third kappa shape index (κ3) is 2.87. The van der Waals surface area contributed by atoms with Crippen LogP contribution in [0.25, 0.3) is 11.1 Å². The van der Waals surface area contributed by atoms with Crippen molar-refractivity contribution in [3.05, 3.63) is 47.0 Å². The fraction of sp³-hybridized carbons (Fsp3) is 0.300. The highest BCUT2D eigenvalue weighted by molar-refractivity contribution is 6.30. The van der Waals surface area contributed by atoms with Gasteiger partial charge in [-0.1, -0.05) is 23.7 Å². The van der Waals surface area contributed by atoms with Crippen molar-refractivity contribution >= 4 is 17.5 Å². The molecule has 0 aromatic heterocycles. The molecule has 6 heteroatoms. The van der Waals surface area contributed by atoms with E-state index in [9.17, 15) is 15.2 Å². The molecule has 0 saturated heterocycles. The number of phenols is 1. The van der Waals surface area contributed by atoms with Crippen molar-refractivity contribution in [2.75, 3.05) is 13.2 Å². The molecule has 4 rings (SSSR count). The van der Waals surface area contributed by atoms with Gasteiger partial charge in [0.15, 0.2) is 11.5 Å². The lowest BCUT2D eigenvalue weighted by Crippen LogP contribution is -2.37. The number of halogens is 1. The number of ether oxygens (including phenoxy) is 1. The van der Waals surface area contributed by atoms with Crippen LogP contribution in [0.15, 0.2) is 36.4 Å². The quantitative estimate of drug-likeness (QED) is 0.876. The van der Waals surface area contributed by atoms with Gasteiger partial charge in [-0.05, 0) is 48.2 Å². The van der Waals surface area contributed by atoms with Crippen molar-refractivity contribution < 1.29 is 14.6 Å². The van der Waals surface area contributed by atoms with Gasteiger partial charge < -0.3 is 14.7 Å². The summed E-state index contributed by atoms with van der Waals surface area (Å²) >= 11 is 6.07. The largest absolute Gasteiger partial charge is 0.504 e. The average molecular weight is 369 g/mol. The lowest BCUT2D eigenvalue weighted by molar-refractivity contribution is -0.135. The molecular formula is C20H17ClN2O3. The summed E-state index contributed by atoms with van der Waals surface area (Å²) in [6.45, 7) is 0.979. The maximum absolute atomic E-state index is 12.7. The summed E-state index contributed by atoms with van der Waals surface area (Å²) in [6, 6.07) is 13.0. The molecule has 2 aromatic rings. The standard InChI is InChI=1S/C20H17ClN2O3/c21-16-3-1-2-13(9-16)14-8-15-11-23(19(25)20(12-22)4-5-20)6-7-26-18(15)17(24)10-14/h1-3,8-10,24H,4-7,11H2. The molecule has 0 atom stereocenters. The predicted molar refractivity (Wildman–Crippen MR) is 96.7 cm³/mol. The number of carbonyl (C=O) groups is 1. The SMILES string of the molecule is N#CC1(C(=O)N2CCOc3c(O)cc(-c4cccc(Cl)c4)cc3C2)CC1. The Labute approximate surface area is 156 Å². The van der Waals surface area contributed by atoms with E-state index in [0.29, 0.717) is 36.7 Å². The molecule has 1 fully saturated rings. The molecule has 5 nitrogen and oxygen atoms in total. The summed E-state index contributed by atoms with van der Waals surface area (Å²) < 4.78 is 5.69. The molecule has 0 radical (unpaired) electrons. The molecular weight excluding hydrogens is 352 g/mol. The van der Waals surface area contributed by atoms with Crippen LogP contribution in [0.2, 0.25) is 5.02 Å². The van der Waals surface area contributed by atoms with E-state index >= 15 is 0 Å². The number of hydrogen-bond acceptors (Lipinski definition) is 4. The Balaban J connectivity index is 1.70. The molecule has 0 spiro atoms. The van der Waals surface area contributed by atoms with Gasteiger partial charge in [-0.15, -0.1) is 0 Å². The van der Waals surface area contributed by atoms with E-state index in [4.69, 9.17) is 16.3 Å². The molecule has 26 heavy (non-hydrogen) atoms. The van der Waals surface area contributed by atoms with Crippen LogP contribution in [0.4, 0.5) is 0 Å². The van der Waals surface area contributed by atoms with Gasteiger partial charge in [-0.3, -0.25) is 4.79 Å². The van der Waals surface area contributed by atoms with E-state index in [1.54, 1.807) is 17.0 Å². The number of phenolic OH excluding ortho intramolecular Hbond substituents is 1. The minimum Gasteiger partial charge on any atom is -0.504 e. The van der Waals surface area contributed by atoms with Crippen molar-refractivity contribution in [2.45, 2.75) is 19.4 Å². The molecule has 0 unspecified atom stereocenters. The van der Waals surface area contributed by atoms with Gasteiger partial charge in [-0.25, -0.2) is 0 Å². The summed E-state index contributed by atoms with van der Waals surface area (Å²) in [5.41, 5.74) is 1.52. The zero-order valence-electron chi connectivity index (χ0n) is 14.0. The van der Waals surface area contributed by atoms with E-state index in [-0.39, 0.29) is 18.3 Å². The number of rotatable bonds is 2. The molecule has 1 saturated carbocycles. The van der Waals surface area contributed by atoms with Crippen LogP contribution in [0.3, 0.4) is 0 Å². The molecule has 1 N–H and O–H groups in total. The lowest BCUT2D eigenvalue weighted by atomic mass is 10.0. The molecule has 2 aromatic carbocycles. The average Bonchev–Trinajstić information content (AvgIpc) is 3.45. The summed E-state index contributed by atoms with van der Waals surface area (Å²) in [6.07, 6.45) is 1.22. The second kappa shape index (κ2) is 6.22. The van der Waals surface area contributed by atoms with Crippen LogP contribution in [-0.2, 0) is 11.3 Å². The molecule has 1 amide bonds. The Morgan fingerprint density at radius 3 is 2.77 bits per heavy atom. The van der Waals surface area contributed by atoms with Gasteiger partial charge in [-0.2, -0.15) is 5.26 Å². The van der Waals surface area contributed by atoms with Gasteiger partial charge in [0, 0.05) is 17.1 Å². The molecule has 1 heterocycles. The van der Waals surface area contributed by atoms with Crippen LogP contribution < -0.4 is 4.74 Å². The predicted octanol–water partition coefficient (Wildman–Crippen LogP) is 3.74. The van der Waals surface area contributed by atoms with Gasteiger partial charge in [0.25, 0.3) is 0 Å². The minimum atomic E-state index is -0.864. The van der Waals surface area contributed by atoms with Crippen molar-refractivity contribution in [2.24, 2.45) is 5.41 Å². The Bertz CT molecular complexity index is 931. The number of nitriles is 1. The van der Waals surface area contributed by atoms with Crippen molar-refractivity contribution in [3.8, 4) is 28.7 Å². The first kappa shape index (κ1) is 16.7. The van der Waals surface area contributed by atoms with Crippen LogP contribution in [0, 0.1) is 16.7 Å². The maximum Gasteiger partial charge on any atom is 0.243 e. The fourth-order valence-electron chi connectivity index (χ4n) is 3.31. The molecule has 132 valence electrons. The number of hydrogen-bond donors (Lipinski definition) is 1. The number of carbonyl (C=O) groups excluding carboxylic acids is 1. The van der Waals surface area contributed by atoms with Crippen molar-refractivity contribution in [3.63, 3.8) is 0 Å². The summed E-state index contributed by atoms with van der Waals surface area (Å²) in [4.78, 5) is 14.4. The summed E-state index contributed by atoms with van der Waals surface area (Å²) in [5.74, 6) is 0.283. The number of fused-ring (bicyclic) bond motifs is 1. The Morgan fingerprint density at radius 2 is 2.08 bits per heavy atom. The Morgan fingerprint density at radius 1 is 1.27 bits per heavy atom. The van der Waals surface area contributed by atoms with E-state index in [1.807, 2.05) is 24.3 Å². The Kier molecular flexibility index (Phi) is 4.01. The van der Waals surface area contributed by atoms with E-state index in [2.05, 4.69) is 6.07 Å². The smallest absolute Gasteiger partial charge is 0.243 e. The van der Waals surface area contributed by atoms with E-state index < -0.39 is 5.41 Å². The number of amides is 1. The second-order valence-electron chi connectivity index (χ2n) is 6.76. The van der Waals surface area contributed by atoms with Crippen molar-refractivity contribution in [1.82, 2.24) is 4.90 Å². The van der Waals surface area contributed by atoms with E-state index in [0.717, 1.165) is 16.7 Å². The van der Waals surface area contributed by atoms with Crippen molar-refractivity contribution in [1.29, 1.82) is 5.26 Å². The highest BCUT2D eigenvalue weighted by atomic mass is 35.5. The van der Waals surface area contributed by atoms with Gasteiger partial charge in [0.2, 0.25) is 5.91 Å². The monoisotopic (exact) mass is 368 g/mol. The summed E-state index contributed by atoms with van der Waals surface area (Å²) in [5, 5.41) is 20.3. The van der Waals surface area contributed by atoms with Crippen LogP contribution in [0.1, 0.15) is 18.4 Å². The van der Waals surface area contributed by atoms with Crippen LogP contribution in [0.5, 0.6) is 11.5 Å². The van der Waals surface area contributed by atoms with Crippen LogP contribution in [-0.4, -0.2) is 29.1 Å². The first-order valence-electron chi connectivity index (χ1n) is 8.48. The number of benzene rings is 2. The topological polar surface area (TPSA) is 73.6 Å². The second-order valence-corrected chi connectivity index (χ2v) is 7.20. The normalized spacial score (nSPS) is 17.5. The minimum absolute atomic E-state index is 0.0354. The highest BCUT2D eigenvalue weighted by Gasteiger charge is 2.52. The first-order valence-corrected chi connectivity index (χ1v) is 8.85. The number of aromatic hydroxyl groups is 1. The Hall–Kier alpha value is -2.71. The molecule has 2 aliphatic rings. The zero-order chi connectivity index (χ0) is 18.3. The molecule has 1 aliphatic heterocycles. The molecule has 1 aliphatic carbocycles. The zero-order valence-corrected chi connectivity index (χ0v) is 14.8. The summed E-state index contributed by atoms with van der Waals surface area (Å²) in [7, 11) is 0. The van der Waals surface area contributed by atoms with Gasteiger partial charge in [0.05, 0.1) is 12.6 Å². The lowest BCUT2D eigenvalue weighted by Gasteiger charge is -2.22. The van der Waals surface area contributed by atoms with E-state index in [1.165, 1.54) is 0 Å². The first-order chi connectivity index (χ1) is 12.5. The van der Waals surface area contributed by atoms with Gasteiger partial charge >= 0.3 is 0 Å². The van der Waals surface area contributed by atoms with Crippen LogP contribution >= 0.6 is 11.6 Å². The fourth-order valence-corrected chi connectivity index (χ4v) is 3.50. The third-order valence-corrected chi connectivity index (χ3v) is 5.17. The third-order valence-electron chi connectivity index (χ3n) is 4.93. The van der Waals surface area contributed by atoms with Gasteiger partial charge in [0.1, 0.15) is 12.0 Å². The number of nitrogens with zero attached hydrogens (tertiary/aromatic N) is 2. The molecule has 0 bridgehead atoms. The maximum atomic E-state index is 12.7. The highest BCUT2D eigenvalue weighted by Crippen LogP contribution is 2.47.